The van der Waals surface area contributed by atoms with Crippen LogP contribution in [0.5, 0.6) is 0 Å². The van der Waals surface area contributed by atoms with E-state index in [2.05, 4.69) is 4.72 Å². The molecule has 0 aromatic heterocycles. The number of alkyl halides is 3. The predicted molar refractivity (Wildman–Crippen MR) is 103 cm³/mol. The SMILES string of the molecule is O=C(c1cc(S(=O)(=O)Nc2cccc(C(F)(F)F)c2)ccc1Cl)N1CCCCC1. The Balaban J connectivity index is 1.89. The van der Waals surface area contributed by atoms with Crippen LogP contribution in [-0.2, 0) is 16.2 Å². The lowest BCUT2D eigenvalue weighted by Gasteiger charge is -2.27. The lowest BCUT2D eigenvalue weighted by Crippen LogP contribution is -2.35. The van der Waals surface area contributed by atoms with Crippen molar-refractivity contribution in [2.24, 2.45) is 0 Å². The number of hydrogen-bond acceptors (Lipinski definition) is 3. The summed E-state index contributed by atoms with van der Waals surface area (Å²) >= 11 is 6.10. The van der Waals surface area contributed by atoms with E-state index in [1.165, 1.54) is 18.2 Å². The fraction of sp³-hybridized carbons (Fsp3) is 0.316. The molecule has 2 aromatic carbocycles. The highest BCUT2D eigenvalue weighted by atomic mass is 35.5. The van der Waals surface area contributed by atoms with Gasteiger partial charge in [-0.3, -0.25) is 9.52 Å². The van der Waals surface area contributed by atoms with E-state index in [9.17, 15) is 26.4 Å². The first-order chi connectivity index (χ1) is 13.6. The lowest BCUT2D eigenvalue weighted by atomic mass is 10.1. The molecule has 1 aliphatic heterocycles. The van der Waals surface area contributed by atoms with Crippen LogP contribution in [0.25, 0.3) is 0 Å². The van der Waals surface area contributed by atoms with Gasteiger partial charge in [0.1, 0.15) is 0 Å². The molecule has 1 aliphatic rings. The molecule has 0 unspecified atom stereocenters. The number of amides is 1. The summed E-state index contributed by atoms with van der Waals surface area (Å²) in [5.74, 6) is -0.370. The molecule has 0 bridgehead atoms. The first-order valence-corrected chi connectivity index (χ1v) is 10.7. The second kappa shape index (κ2) is 8.23. The zero-order chi connectivity index (χ0) is 21.2. The van der Waals surface area contributed by atoms with Crippen molar-refractivity contribution in [1.29, 1.82) is 0 Å². The number of nitrogens with one attached hydrogen (secondary N) is 1. The summed E-state index contributed by atoms with van der Waals surface area (Å²) in [4.78, 5) is 14.1. The topological polar surface area (TPSA) is 66.5 Å². The molecule has 1 heterocycles. The summed E-state index contributed by atoms with van der Waals surface area (Å²) in [6.07, 6.45) is -1.86. The zero-order valence-corrected chi connectivity index (χ0v) is 16.7. The summed E-state index contributed by atoms with van der Waals surface area (Å²) in [5, 5.41) is 0.110. The molecule has 2 aromatic rings. The Kier molecular flexibility index (Phi) is 6.09. The minimum absolute atomic E-state index is 0.0421. The van der Waals surface area contributed by atoms with Gasteiger partial charge < -0.3 is 4.90 Å². The molecule has 1 N–H and O–H groups in total. The number of likely N-dealkylation sites (tertiary alicyclic amines) is 1. The average molecular weight is 447 g/mol. The molecule has 156 valence electrons. The summed E-state index contributed by atoms with van der Waals surface area (Å²) in [6.45, 7) is 1.13. The number of hydrogen-bond donors (Lipinski definition) is 1. The first kappa shape index (κ1) is 21.4. The van der Waals surface area contributed by atoms with Crippen LogP contribution >= 0.6 is 11.6 Å². The molecule has 1 amide bonds. The standard InChI is InChI=1S/C19H18ClF3N2O3S/c20-17-8-7-15(12-16(17)18(26)25-9-2-1-3-10-25)29(27,28)24-14-6-4-5-13(11-14)19(21,22)23/h4-8,11-12,24H,1-3,9-10H2. The van der Waals surface area contributed by atoms with E-state index in [0.29, 0.717) is 19.2 Å². The van der Waals surface area contributed by atoms with Gasteiger partial charge in [-0.05, 0) is 55.7 Å². The summed E-state index contributed by atoms with van der Waals surface area (Å²) in [5.41, 5.74) is -1.17. The Morgan fingerprint density at radius 2 is 1.72 bits per heavy atom. The fourth-order valence-electron chi connectivity index (χ4n) is 3.08. The molecule has 10 heteroatoms. The number of anilines is 1. The van der Waals surface area contributed by atoms with Crippen molar-refractivity contribution in [3.63, 3.8) is 0 Å². The molecule has 0 saturated carbocycles. The van der Waals surface area contributed by atoms with Crippen LogP contribution in [0.15, 0.2) is 47.4 Å². The van der Waals surface area contributed by atoms with Gasteiger partial charge >= 0.3 is 6.18 Å². The Morgan fingerprint density at radius 3 is 2.38 bits per heavy atom. The van der Waals surface area contributed by atoms with Crippen LogP contribution in [0.2, 0.25) is 5.02 Å². The second-order valence-corrected chi connectivity index (χ2v) is 8.77. The molecule has 29 heavy (non-hydrogen) atoms. The van der Waals surface area contributed by atoms with E-state index in [1.54, 1.807) is 4.90 Å². The Morgan fingerprint density at radius 1 is 1.03 bits per heavy atom. The average Bonchev–Trinajstić information content (AvgIpc) is 2.67. The van der Waals surface area contributed by atoms with Gasteiger partial charge in [0, 0.05) is 18.8 Å². The van der Waals surface area contributed by atoms with Gasteiger partial charge in [-0.25, -0.2) is 8.42 Å². The van der Waals surface area contributed by atoms with Crippen molar-refractivity contribution < 1.29 is 26.4 Å². The summed E-state index contributed by atoms with van der Waals surface area (Å²) in [7, 11) is -4.23. The molecule has 3 rings (SSSR count). The third-order valence-electron chi connectivity index (χ3n) is 4.56. The van der Waals surface area contributed by atoms with Crippen molar-refractivity contribution >= 4 is 33.2 Å². The highest BCUT2D eigenvalue weighted by Crippen LogP contribution is 2.31. The van der Waals surface area contributed by atoms with Crippen molar-refractivity contribution in [2.45, 2.75) is 30.3 Å². The number of rotatable bonds is 4. The van der Waals surface area contributed by atoms with Crippen molar-refractivity contribution in [3.8, 4) is 0 Å². The smallest absolute Gasteiger partial charge is 0.339 e. The number of carbonyl (C=O) groups is 1. The number of nitrogens with zero attached hydrogens (tertiary/aromatic N) is 1. The Hall–Kier alpha value is -2.26. The van der Waals surface area contributed by atoms with Gasteiger partial charge in [-0.15, -0.1) is 0 Å². The molecular weight excluding hydrogens is 429 g/mol. The van der Waals surface area contributed by atoms with E-state index < -0.39 is 21.8 Å². The lowest BCUT2D eigenvalue weighted by molar-refractivity contribution is -0.137. The monoisotopic (exact) mass is 446 g/mol. The maximum Gasteiger partial charge on any atom is 0.416 e. The van der Waals surface area contributed by atoms with Crippen LogP contribution < -0.4 is 4.72 Å². The minimum atomic E-state index is -4.60. The van der Waals surface area contributed by atoms with Gasteiger partial charge in [-0.2, -0.15) is 13.2 Å². The number of sulfonamides is 1. The first-order valence-electron chi connectivity index (χ1n) is 8.87. The van der Waals surface area contributed by atoms with Gasteiger partial charge in [0.25, 0.3) is 15.9 Å². The van der Waals surface area contributed by atoms with Gasteiger partial charge in [0.2, 0.25) is 0 Å². The Labute approximate surface area is 171 Å². The van der Waals surface area contributed by atoms with Gasteiger partial charge in [-0.1, -0.05) is 17.7 Å². The second-order valence-electron chi connectivity index (χ2n) is 6.68. The fourth-order valence-corrected chi connectivity index (χ4v) is 4.35. The van der Waals surface area contributed by atoms with Crippen LogP contribution in [0.1, 0.15) is 35.2 Å². The van der Waals surface area contributed by atoms with Crippen molar-refractivity contribution in [3.05, 3.63) is 58.6 Å². The highest BCUT2D eigenvalue weighted by molar-refractivity contribution is 7.92. The largest absolute Gasteiger partial charge is 0.416 e. The van der Waals surface area contributed by atoms with Crippen LogP contribution in [0.4, 0.5) is 18.9 Å². The van der Waals surface area contributed by atoms with Crippen LogP contribution in [0, 0.1) is 0 Å². The summed E-state index contributed by atoms with van der Waals surface area (Å²) in [6, 6.07) is 7.50. The third-order valence-corrected chi connectivity index (χ3v) is 6.27. The van der Waals surface area contributed by atoms with Crippen LogP contribution in [0.3, 0.4) is 0 Å². The minimum Gasteiger partial charge on any atom is -0.339 e. The number of piperidine rings is 1. The molecule has 0 atom stereocenters. The third kappa shape index (κ3) is 5.02. The molecule has 0 radical (unpaired) electrons. The number of carbonyl (C=O) groups excluding carboxylic acids is 1. The summed E-state index contributed by atoms with van der Waals surface area (Å²) < 4.78 is 66.0. The normalized spacial score (nSPS) is 15.2. The van der Waals surface area contributed by atoms with E-state index in [0.717, 1.165) is 37.5 Å². The van der Waals surface area contributed by atoms with Gasteiger partial charge in [0.05, 0.1) is 21.0 Å². The van der Waals surface area contributed by atoms with E-state index in [-0.39, 0.29) is 27.1 Å². The number of benzene rings is 2. The predicted octanol–water partition coefficient (Wildman–Crippen LogP) is 4.79. The molecule has 0 aliphatic carbocycles. The van der Waals surface area contributed by atoms with E-state index >= 15 is 0 Å². The van der Waals surface area contributed by atoms with Gasteiger partial charge in [0.15, 0.2) is 0 Å². The molecule has 5 nitrogen and oxygen atoms in total. The molecular formula is C19H18ClF3N2O3S. The maximum atomic E-state index is 12.9. The van der Waals surface area contributed by atoms with E-state index in [1.807, 2.05) is 0 Å². The van der Waals surface area contributed by atoms with E-state index in [4.69, 9.17) is 11.6 Å². The Bertz CT molecular complexity index is 1020. The van der Waals surface area contributed by atoms with Crippen LogP contribution in [-0.4, -0.2) is 32.3 Å². The molecule has 0 spiro atoms. The highest BCUT2D eigenvalue weighted by Gasteiger charge is 2.31. The van der Waals surface area contributed by atoms with Crippen molar-refractivity contribution in [1.82, 2.24) is 4.90 Å². The van der Waals surface area contributed by atoms with Crippen molar-refractivity contribution in [2.75, 3.05) is 17.8 Å². The maximum absolute atomic E-state index is 12.9. The quantitative estimate of drug-likeness (QED) is 0.734. The zero-order valence-electron chi connectivity index (χ0n) is 15.2. The number of halogens is 4. The molecule has 1 saturated heterocycles. The molecule has 1 fully saturated rings.